The van der Waals surface area contributed by atoms with Gasteiger partial charge in [-0.1, -0.05) is 48.0 Å². The Labute approximate surface area is 154 Å². The molecule has 0 unspecified atom stereocenters. The van der Waals surface area contributed by atoms with E-state index in [2.05, 4.69) is 10.6 Å². The third-order valence-corrected chi connectivity index (χ3v) is 4.65. The SMILES string of the molecule is O=C(Cc1ccccc1)Nc1cc(NC(=O)c2cccs2)ccc1Cl. The number of hydrogen-bond donors (Lipinski definition) is 2. The van der Waals surface area contributed by atoms with Crippen LogP contribution in [0.15, 0.2) is 66.0 Å². The summed E-state index contributed by atoms with van der Waals surface area (Å²) in [7, 11) is 0. The number of halogens is 1. The van der Waals surface area contributed by atoms with Crippen LogP contribution in [-0.4, -0.2) is 11.8 Å². The average Bonchev–Trinajstić information content (AvgIpc) is 3.13. The Morgan fingerprint density at radius 1 is 0.960 bits per heavy atom. The van der Waals surface area contributed by atoms with E-state index in [-0.39, 0.29) is 18.2 Å². The second-order valence-corrected chi connectivity index (χ2v) is 6.69. The quantitative estimate of drug-likeness (QED) is 0.675. The molecular weight excluding hydrogens is 356 g/mol. The van der Waals surface area contributed by atoms with Gasteiger partial charge in [-0.25, -0.2) is 0 Å². The summed E-state index contributed by atoms with van der Waals surface area (Å²) in [6, 6.07) is 18.0. The number of rotatable bonds is 5. The lowest BCUT2D eigenvalue weighted by Gasteiger charge is -2.10. The van der Waals surface area contributed by atoms with Crippen LogP contribution in [0.1, 0.15) is 15.2 Å². The fourth-order valence-electron chi connectivity index (χ4n) is 2.27. The van der Waals surface area contributed by atoms with Gasteiger partial charge in [-0.15, -0.1) is 11.3 Å². The molecular formula is C19H15ClN2O2S. The summed E-state index contributed by atoms with van der Waals surface area (Å²) in [4.78, 5) is 24.9. The van der Waals surface area contributed by atoms with E-state index >= 15 is 0 Å². The highest BCUT2D eigenvalue weighted by molar-refractivity contribution is 7.12. The number of thiophene rings is 1. The summed E-state index contributed by atoms with van der Waals surface area (Å²) in [5.41, 5.74) is 1.95. The van der Waals surface area contributed by atoms with Gasteiger partial charge in [-0.3, -0.25) is 9.59 Å². The first-order valence-electron chi connectivity index (χ1n) is 7.60. The third kappa shape index (κ3) is 4.68. The van der Waals surface area contributed by atoms with Crippen LogP contribution in [0.3, 0.4) is 0 Å². The number of amides is 2. The number of anilines is 2. The minimum atomic E-state index is -0.195. The molecule has 3 aromatic rings. The summed E-state index contributed by atoms with van der Waals surface area (Å²) in [6.45, 7) is 0. The van der Waals surface area contributed by atoms with Crippen molar-refractivity contribution in [2.75, 3.05) is 10.6 Å². The van der Waals surface area contributed by atoms with E-state index in [4.69, 9.17) is 11.6 Å². The second kappa shape index (κ2) is 7.96. The van der Waals surface area contributed by atoms with Crippen molar-refractivity contribution in [3.05, 3.63) is 81.5 Å². The summed E-state index contributed by atoms with van der Waals surface area (Å²) < 4.78 is 0. The van der Waals surface area contributed by atoms with Crippen molar-refractivity contribution in [2.24, 2.45) is 0 Å². The van der Waals surface area contributed by atoms with Gasteiger partial charge in [0.05, 0.1) is 22.0 Å². The van der Waals surface area contributed by atoms with Crippen LogP contribution in [0.2, 0.25) is 5.02 Å². The molecule has 0 saturated carbocycles. The zero-order valence-corrected chi connectivity index (χ0v) is 14.7. The molecule has 0 aliphatic carbocycles. The molecule has 2 N–H and O–H groups in total. The lowest BCUT2D eigenvalue weighted by atomic mass is 10.1. The molecule has 0 atom stereocenters. The predicted octanol–water partition coefficient (Wildman–Crippen LogP) is 4.84. The Bertz CT molecular complexity index is 880. The Kier molecular flexibility index (Phi) is 5.48. The second-order valence-electron chi connectivity index (χ2n) is 5.34. The standard InChI is InChI=1S/C19H15ClN2O2S/c20-15-9-8-14(21-19(24)17-7-4-10-25-17)12-16(15)22-18(23)11-13-5-2-1-3-6-13/h1-10,12H,11H2,(H,21,24)(H,22,23). The maximum atomic E-state index is 12.2. The normalized spacial score (nSPS) is 10.3. The summed E-state index contributed by atoms with van der Waals surface area (Å²) >= 11 is 7.52. The van der Waals surface area contributed by atoms with E-state index in [0.717, 1.165) is 5.56 Å². The molecule has 0 saturated heterocycles. The minimum Gasteiger partial charge on any atom is -0.324 e. The summed E-state index contributed by atoms with van der Waals surface area (Å²) in [6.07, 6.45) is 0.253. The van der Waals surface area contributed by atoms with Crippen molar-refractivity contribution < 1.29 is 9.59 Å². The zero-order valence-electron chi connectivity index (χ0n) is 13.2. The van der Waals surface area contributed by atoms with Gasteiger partial charge in [0.15, 0.2) is 0 Å². The van der Waals surface area contributed by atoms with E-state index in [1.54, 1.807) is 24.3 Å². The Hall–Kier alpha value is -2.63. The topological polar surface area (TPSA) is 58.2 Å². The number of carbonyl (C=O) groups is 2. The Morgan fingerprint density at radius 2 is 1.76 bits per heavy atom. The van der Waals surface area contributed by atoms with E-state index in [1.165, 1.54) is 11.3 Å². The molecule has 2 aromatic carbocycles. The van der Waals surface area contributed by atoms with Crippen LogP contribution in [0, 0.1) is 0 Å². The molecule has 2 amide bonds. The molecule has 1 aromatic heterocycles. The van der Waals surface area contributed by atoms with E-state index in [1.807, 2.05) is 41.8 Å². The molecule has 0 aliphatic rings. The predicted molar refractivity (Wildman–Crippen MR) is 102 cm³/mol. The van der Waals surface area contributed by atoms with Gasteiger partial charge in [-0.2, -0.15) is 0 Å². The molecule has 126 valence electrons. The van der Waals surface area contributed by atoms with Crippen molar-refractivity contribution in [1.29, 1.82) is 0 Å². The molecule has 3 rings (SSSR count). The van der Waals surface area contributed by atoms with Crippen LogP contribution < -0.4 is 10.6 Å². The van der Waals surface area contributed by atoms with Crippen LogP contribution >= 0.6 is 22.9 Å². The fourth-order valence-corrected chi connectivity index (χ4v) is 3.06. The van der Waals surface area contributed by atoms with Gasteiger partial charge in [0.1, 0.15) is 0 Å². The molecule has 0 aliphatic heterocycles. The highest BCUT2D eigenvalue weighted by Crippen LogP contribution is 2.26. The van der Waals surface area contributed by atoms with Crippen molar-refractivity contribution in [2.45, 2.75) is 6.42 Å². The lowest BCUT2D eigenvalue weighted by Crippen LogP contribution is -2.15. The number of nitrogens with one attached hydrogen (secondary N) is 2. The van der Waals surface area contributed by atoms with Crippen LogP contribution in [-0.2, 0) is 11.2 Å². The molecule has 6 heteroatoms. The van der Waals surface area contributed by atoms with Crippen molar-refractivity contribution >= 4 is 46.1 Å². The highest BCUT2D eigenvalue weighted by atomic mass is 35.5. The van der Waals surface area contributed by atoms with Gasteiger partial charge in [0.2, 0.25) is 5.91 Å². The third-order valence-electron chi connectivity index (χ3n) is 3.45. The number of hydrogen-bond acceptors (Lipinski definition) is 3. The van der Waals surface area contributed by atoms with Gasteiger partial charge >= 0.3 is 0 Å². The molecule has 0 bridgehead atoms. The van der Waals surface area contributed by atoms with Crippen LogP contribution in [0.25, 0.3) is 0 Å². The first-order valence-corrected chi connectivity index (χ1v) is 8.86. The average molecular weight is 371 g/mol. The van der Waals surface area contributed by atoms with E-state index in [0.29, 0.717) is 21.3 Å². The monoisotopic (exact) mass is 370 g/mol. The first-order chi connectivity index (χ1) is 12.1. The molecule has 25 heavy (non-hydrogen) atoms. The first kappa shape index (κ1) is 17.2. The maximum Gasteiger partial charge on any atom is 0.265 e. The van der Waals surface area contributed by atoms with Crippen LogP contribution in [0.5, 0.6) is 0 Å². The van der Waals surface area contributed by atoms with E-state index in [9.17, 15) is 9.59 Å². The maximum absolute atomic E-state index is 12.2. The van der Waals surface area contributed by atoms with Gasteiger partial charge in [0, 0.05) is 5.69 Å². The Morgan fingerprint density at radius 3 is 2.48 bits per heavy atom. The number of carbonyl (C=O) groups excluding carboxylic acids is 2. The van der Waals surface area contributed by atoms with Gasteiger partial charge in [0.25, 0.3) is 5.91 Å². The molecule has 1 heterocycles. The zero-order chi connectivity index (χ0) is 17.6. The summed E-state index contributed by atoms with van der Waals surface area (Å²) in [5, 5.41) is 7.84. The van der Waals surface area contributed by atoms with Crippen LogP contribution in [0.4, 0.5) is 11.4 Å². The largest absolute Gasteiger partial charge is 0.324 e. The molecule has 4 nitrogen and oxygen atoms in total. The van der Waals surface area contributed by atoms with Gasteiger partial charge in [-0.05, 0) is 35.2 Å². The molecule has 0 radical (unpaired) electrons. The van der Waals surface area contributed by atoms with Crippen molar-refractivity contribution in [3.8, 4) is 0 Å². The van der Waals surface area contributed by atoms with E-state index < -0.39 is 0 Å². The minimum absolute atomic E-state index is 0.171. The lowest BCUT2D eigenvalue weighted by molar-refractivity contribution is -0.115. The van der Waals surface area contributed by atoms with Crippen molar-refractivity contribution in [3.63, 3.8) is 0 Å². The molecule has 0 spiro atoms. The number of benzene rings is 2. The van der Waals surface area contributed by atoms with Gasteiger partial charge < -0.3 is 10.6 Å². The van der Waals surface area contributed by atoms with Crippen molar-refractivity contribution in [1.82, 2.24) is 0 Å². The fraction of sp³-hybridized carbons (Fsp3) is 0.0526. The molecule has 0 fully saturated rings. The highest BCUT2D eigenvalue weighted by Gasteiger charge is 2.11. The Balaban J connectivity index is 1.69. The smallest absolute Gasteiger partial charge is 0.265 e. The summed E-state index contributed by atoms with van der Waals surface area (Å²) in [5.74, 6) is -0.367.